The van der Waals surface area contributed by atoms with Crippen molar-refractivity contribution < 1.29 is 9.90 Å². The second kappa shape index (κ2) is 8.41. The fourth-order valence-electron chi connectivity index (χ4n) is 1.93. The number of urea groups is 1. The minimum Gasteiger partial charge on any atom is -0.387 e. The average molecular weight is 323 g/mol. The maximum Gasteiger partial charge on any atom is 0.314 e. The molecule has 0 spiro atoms. The third-order valence-corrected chi connectivity index (χ3v) is 3.37. The largest absolute Gasteiger partial charge is 0.387 e. The Labute approximate surface area is 134 Å². The van der Waals surface area contributed by atoms with Crippen molar-refractivity contribution in [3.63, 3.8) is 0 Å². The van der Waals surface area contributed by atoms with Gasteiger partial charge >= 0.3 is 6.03 Å². The highest BCUT2D eigenvalue weighted by atomic mass is 35.5. The molecule has 0 aliphatic carbocycles. The van der Waals surface area contributed by atoms with Crippen molar-refractivity contribution in [2.45, 2.75) is 19.1 Å². The normalized spacial score (nSPS) is 11.9. The number of aliphatic hydroxyl groups is 1. The van der Waals surface area contributed by atoms with Crippen LogP contribution in [0.1, 0.15) is 18.1 Å². The van der Waals surface area contributed by atoms with Gasteiger partial charge in [-0.05, 0) is 30.2 Å². The number of nitrogens with one attached hydrogen (secondary N) is 2. The number of nitrogens with zero attached hydrogens (tertiary/aromatic N) is 2. The first-order chi connectivity index (χ1) is 10.6. The number of amides is 2. The smallest absolute Gasteiger partial charge is 0.314 e. The van der Waals surface area contributed by atoms with E-state index in [0.29, 0.717) is 17.1 Å². The molecule has 0 aliphatic rings. The van der Waals surface area contributed by atoms with Crippen LogP contribution in [0.15, 0.2) is 42.7 Å². The fraction of sp³-hybridized carbons (Fsp3) is 0.333. The van der Waals surface area contributed by atoms with Crippen LogP contribution in [0.4, 0.5) is 4.79 Å². The fourth-order valence-corrected chi connectivity index (χ4v) is 2.06. The van der Waals surface area contributed by atoms with E-state index in [0.717, 1.165) is 13.0 Å². The van der Waals surface area contributed by atoms with Crippen molar-refractivity contribution >= 4 is 17.6 Å². The summed E-state index contributed by atoms with van der Waals surface area (Å²) in [6.07, 6.45) is 3.63. The summed E-state index contributed by atoms with van der Waals surface area (Å²) in [5.41, 5.74) is 0.711. The molecule has 0 aliphatic heterocycles. The van der Waals surface area contributed by atoms with Crippen LogP contribution < -0.4 is 10.6 Å². The minimum atomic E-state index is -0.757. The number of rotatable bonds is 7. The molecule has 22 heavy (non-hydrogen) atoms. The van der Waals surface area contributed by atoms with Crippen LogP contribution in [0.2, 0.25) is 5.02 Å². The van der Waals surface area contributed by atoms with Gasteiger partial charge < -0.3 is 15.7 Å². The summed E-state index contributed by atoms with van der Waals surface area (Å²) in [4.78, 5) is 11.6. The summed E-state index contributed by atoms with van der Waals surface area (Å²) in [7, 11) is 0. The van der Waals surface area contributed by atoms with Gasteiger partial charge in [-0.3, -0.25) is 4.68 Å². The third kappa shape index (κ3) is 5.38. The minimum absolute atomic E-state index is 0.145. The molecule has 2 aromatic rings. The SMILES string of the molecule is O=C(NCCCn1cccn1)NCC(O)c1ccc(Cl)cc1. The van der Waals surface area contributed by atoms with Crippen LogP contribution in [0, 0.1) is 0 Å². The third-order valence-electron chi connectivity index (χ3n) is 3.12. The Morgan fingerprint density at radius 2 is 2.09 bits per heavy atom. The van der Waals surface area contributed by atoms with Crippen LogP contribution in [0.25, 0.3) is 0 Å². The molecule has 118 valence electrons. The maximum atomic E-state index is 11.6. The number of hydrogen-bond donors (Lipinski definition) is 3. The number of carbonyl (C=O) groups excluding carboxylic acids is 1. The van der Waals surface area contributed by atoms with Gasteiger partial charge in [0.25, 0.3) is 0 Å². The lowest BCUT2D eigenvalue weighted by Crippen LogP contribution is -2.38. The van der Waals surface area contributed by atoms with E-state index in [-0.39, 0.29) is 12.6 Å². The number of aromatic nitrogens is 2. The van der Waals surface area contributed by atoms with Crippen LogP contribution in [-0.2, 0) is 6.54 Å². The Kier molecular flexibility index (Phi) is 6.24. The molecule has 1 aromatic heterocycles. The van der Waals surface area contributed by atoms with E-state index in [1.165, 1.54) is 0 Å². The van der Waals surface area contributed by atoms with Gasteiger partial charge in [-0.1, -0.05) is 23.7 Å². The van der Waals surface area contributed by atoms with E-state index in [2.05, 4.69) is 15.7 Å². The first-order valence-corrected chi connectivity index (χ1v) is 7.45. The van der Waals surface area contributed by atoms with E-state index in [1.54, 1.807) is 30.5 Å². The molecule has 1 unspecified atom stereocenters. The molecule has 0 saturated carbocycles. The summed E-state index contributed by atoms with van der Waals surface area (Å²) in [6.45, 7) is 1.44. The van der Waals surface area contributed by atoms with Crippen LogP contribution in [0.3, 0.4) is 0 Å². The van der Waals surface area contributed by atoms with Gasteiger partial charge in [-0.25, -0.2) is 4.79 Å². The first kappa shape index (κ1) is 16.3. The zero-order valence-corrected chi connectivity index (χ0v) is 12.8. The summed E-state index contributed by atoms with van der Waals surface area (Å²) < 4.78 is 1.81. The van der Waals surface area contributed by atoms with E-state index in [9.17, 15) is 9.90 Å². The molecule has 2 amide bonds. The van der Waals surface area contributed by atoms with E-state index in [1.807, 2.05) is 16.9 Å². The lowest BCUT2D eigenvalue weighted by Gasteiger charge is -2.13. The Morgan fingerprint density at radius 3 is 2.77 bits per heavy atom. The van der Waals surface area contributed by atoms with Crippen LogP contribution in [0.5, 0.6) is 0 Å². The van der Waals surface area contributed by atoms with Crippen molar-refractivity contribution in [3.8, 4) is 0 Å². The standard InChI is InChI=1S/C15H19ClN4O2/c16-13-5-3-12(4-6-13)14(21)11-18-15(22)17-7-1-9-20-10-2-8-19-20/h2-6,8,10,14,21H,1,7,9,11H2,(H2,17,18,22). The molecule has 0 fully saturated rings. The molecule has 1 atom stereocenters. The average Bonchev–Trinajstić information content (AvgIpc) is 3.03. The molecule has 1 aromatic carbocycles. The number of halogens is 1. The number of aryl methyl sites for hydroxylation is 1. The van der Waals surface area contributed by atoms with E-state index < -0.39 is 6.10 Å². The zero-order chi connectivity index (χ0) is 15.8. The van der Waals surface area contributed by atoms with Gasteiger partial charge in [0.1, 0.15) is 0 Å². The van der Waals surface area contributed by atoms with Crippen molar-refractivity contribution in [2.24, 2.45) is 0 Å². The van der Waals surface area contributed by atoms with Gasteiger partial charge in [0, 0.05) is 37.1 Å². The summed E-state index contributed by atoms with van der Waals surface area (Å²) in [5, 5.41) is 20.0. The van der Waals surface area contributed by atoms with Crippen LogP contribution in [-0.4, -0.2) is 34.0 Å². The van der Waals surface area contributed by atoms with Crippen molar-refractivity contribution in [1.82, 2.24) is 20.4 Å². The molecular formula is C15H19ClN4O2. The molecule has 0 saturated heterocycles. The zero-order valence-electron chi connectivity index (χ0n) is 12.1. The Morgan fingerprint density at radius 1 is 1.32 bits per heavy atom. The number of aliphatic hydroxyl groups excluding tert-OH is 1. The molecule has 0 radical (unpaired) electrons. The van der Waals surface area contributed by atoms with E-state index >= 15 is 0 Å². The quantitative estimate of drug-likeness (QED) is 0.682. The van der Waals surface area contributed by atoms with Gasteiger partial charge in [0.05, 0.1) is 6.10 Å². The highest BCUT2D eigenvalue weighted by Crippen LogP contribution is 2.15. The molecule has 7 heteroatoms. The molecule has 3 N–H and O–H groups in total. The lowest BCUT2D eigenvalue weighted by atomic mass is 10.1. The van der Waals surface area contributed by atoms with Crippen molar-refractivity contribution in [3.05, 3.63) is 53.3 Å². The second-order valence-corrected chi connectivity index (χ2v) is 5.26. The van der Waals surface area contributed by atoms with E-state index in [4.69, 9.17) is 11.6 Å². The first-order valence-electron chi connectivity index (χ1n) is 7.08. The second-order valence-electron chi connectivity index (χ2n) is 4.83. The predicted molar refractivity (Wildman–Crippen MR) is 84.7 cm³/mol. The Hall–Kier alpha value is -2.05. The molecule has 1 heterocycles. The van der Waals surface area contributed by atoms with Gasteiger partial charge in [-0.15, -0.1) is 0 Å². The van der Waals surface area contributed by atoms with Gasteiger partial charge in [0.2, 0.25) is 0 Å². The molecule has 0 bridgehead atoms. The Bertz CT molecular complexity index is 572. The molecule has 6 nitrogen and oxygen atoms in total. The highest BCUT2D eigenvalue weighted by Gasteiger charge is 2.09. The molecular weight excluding hydrogens is 304 g/mol. The highest BCUT2D eigenvalue weighted by molar-refractivity contribution is 6.30. The summed E-state index contributed by atoms with van der Waals surface area (Å²) in [6, 6.07) is 8.43. The summed E-state index contributed by atoms with van der Waals surface area (Å²) in [5.74, 6) is 0. The topological polar surface area (TPSA) is 79.2 Å². The van der Waals surface area contributed by atoms with Gasteiger partial charge in [-0.2, -0.15) is 5.10 Å². The monoisotopic (exact) mass is 322 g/mol. The maximum absolute atomic E-state index is 11.6. The van der Waals surface area contributed by atoms with Crippen molar-refractivity contribution in [2.75, 3.05) is 13.1 Å². The number of hydrogen-bond acceptors (Lipinski definition) is 3. The Balaban J connectivity index is 1.61. The lowest BCUT2D eigenvalue weighted by molar-refractivity contribution is 0.173. The number of benzene rings is 1. The van der Waals surface area contributed by atoms with Gasteiger partial charge in [0.15, 0.2) is 0 Å². The van der Waals surface area contributed by atoms with Crippen molar-refractivity contribution in [1.29, 1.82) is 0 Å². The van der Waals surface area contributed by atoms with Crippen LogP contribution >= 0.6 is 11.6 Å². The summed E-state index contributed by atoms with van der Waals surface area (Å²) >= 11 is 5.78. The predicted octanol–water partition coefficient (Wildman–Crippen LogP) is 1.96. The number of carbonyl (C=O) groups is 1. The molecule has 2 rings (SSSR count).